The van der Waals surface area contributed by atoms with Crippen molar-refractivity contribution in [3.63, 3.8) is 0 Å². The highest BCUT2D eigenvalue weighted by Crippen LogP contribution is 2.73. The number of esters is 1. The Balaban J connectivity index is 1.97. The number of ketones is 1. The molecule has 4 nitrogen and oxygen atoms in total. The van der Waals surface area contributed by atoms with Crippen LogP contribution in [0.5, 0.6) is 0 Å². The molecule has 0 aromatic rings. The van der Waals surface area contributed by atoms with E-state index in [9.17, 15) is 9.59 Å². The van der Waals surface area contributed by atoms with Crippen LogP contribution in [0.25, 0.3) is 0 Å². The van der Waals surface area contributed by atoms with Gasteiger partial charge in [0.25, 0.3) is 0 Å². The van der Waals surface area contributed by atoms with Gasteiger partial charge in [-0.25, -0.2) is 0 Å². The molecule has 3 rings (SSSR count). The van der Waals surface area contributed by atoms with Gasteiger partial charge in [0.2, 0.25) is 0 Å². The number of nitrogens with one attached hydrogen (secondary N) is 1. The monoisotopic (exact) mass is 195 g/mol. The molecule has 4 heteroatoms. The van der Waals surface area contributed by atoms with Gasteiger partial charge in [-0.3, -0.25) is 9.59 Å². The average molecular weight is 195 g/mol. The molecule has 2 bridgehead atoms. The minimum Gasteiger partial charge on any atom is -0.466 e. The fraction of sp³-hybridized carbons (Fsp3) is 0.700. The summed E-state index contributed by atoms with van der Waals surface area (Å²) in [6.07, 6.45) is 2.64. The quantitative estimate of drug-likeness (QED) is 0.536. The third-order valence-corrected chi connectivity index (χ3v) is 3.39. The topological polar surface area (TPSA) is 67.2 Å². The number of ether oxygens (including phenoxy) is 1. The van der Waals surface area contributed by atoms with E-state index in [4.69, 9.17) is 10.1 Å². The predicted octanol–water partition coefficient (Wildman–Crippen LogP) is 0.938. The lowest BCUT2D eigenvalue weighted by Gasteiger charge is -2.66. The normalized spacial score (nSPS) is 37.8. The van der Waals surface area contributed by atoms with E-state index in [0.717, 1.165) is 6.21 Å². The van der Waals surface area contributed by atoms with Crippen molar-refractivity contribution >= 4 is 18.0 Å². The van der Waals surface area contributed by atoms with Crippen molar-refractivity contribution in [3.05, 3.63) is 0 Å². The maximum Gasteiger partial charge on any atom is 0.312 e. The van der Waals surface area contributed by atoms with E-state index in [0.29, 0.717) is 25.9 Å². The van der Waals surface area contributed by atoms with Gasteiger partial charge in [-0.05, 0) is 26.2 Å². The number of carbonyl (C=O) groups is 2. The van der Waals surface area contributed by atoms with E-state index in [1.807, 2.05) is 0 Å². The van der Waals surface area contributed by atoms with Crippen LogP contribution in [0.15, 0.2) is 0 Å². The van der Waals surface area contributed by atoms with E-state index in [1.54, 1.807) is 6.92 Å². The Bertz CT molecular complexity index is 302. The lowest BCUT2D eigenvalue weighted by molar-refractivity contribution is -0.219. The Labute approximate surface area is 82.1 Å². The summed E-state index contributed by atoms with van der Waals surface area (Å²) in [5.41, 5.74) is -0.733. The van der Waals surface area contributed by atoms with Gasteiger partial charge >= 0.3 is 5.97 Å². The molecule has 3 aliphatic rings. The molecule has 0 saturated heterocycles. The van der Waals surface area contributed by atoms with Gasteiger partial charge in [0.1, 0.15) is 0 Å². The highest BCUT2D eigenvalue weighted by molar-refractivity contribution is 6.30. The molecule has 0 heterocycles. The van der Waals surface area contributed by atoms with Crippen LogP contribution in [-0.2, 0) is 14.3 Å². The Morgan fingerprint density at radius 3 is 2.36 bits per heavy atom. The molecular weight excluding hydrogens is 182 g/mol. The molecule has 76 valence electrons. The molecule has 1 N–H and O–H groups in total. The summed E-state index contributed by atoms with van der Waals surface area (Å²) in [7, 11) is 0. The van der Waals surface area contributed by atoms with Crippen LogP contribution in [0, 0.1) is 16.2 Å². The van der Waals surface area contributed by atoms with Crippen LogP contribution in [-0.4, -0.2) is 24.6 Å². The Hall–Kier alpha value is -1.19. The summed E-state index contributed by atoms with van der Waals surface area (Å²) in [6.45, 7) is 2.17. The Morgan fingerprint density at radius 2 is 1.93 bits per heavy atom. The zero-order valence-corrected chi connectivity index (χ0v) is 8.13. The first-order chi connectivity index (χ1) is 6.58. The second-order valence-electron chi connectivity index (χ2n) is 4.32. The molecular formula is C10H13NO3. The number of carbonyl (C=O) groups excluding carboxylic acids is 2. The standard InChI is InChI=1S/C10H13NO3/c1-2-14-8(13)10-4-9(5-10,6-10)7(12)3-11/h3,11H,2,4-6H2,1H3/t9-,10-. The van der Waals surface area contributed by atoms with Crippen molar-refractivity contribution in [1.82, 2.24) is 0 Å². The van der Waals surface area contributed by atoms with E-state index < -0.39 is 0 Å². The SMILES string of the molecule is CCOC(=O)[C@]12C[C@@](C(=O)C=N)(C1)C2. The van der Waals surface area contributed by atoms with E-state index in [1.165, 1.54) is 0 Å². The summed E-state index contributed by atoms with van der Waals surface area (Å²) in [5.74, 6) is -0.302. The number of hydrogen-bond donors (Lipinski definition) is 1. The molecule has 0 aliphatic heterocycles. The average Bonchev–Trinajstić information content (AvgIpc) is 1.99. The van der Waals surface area contributed by atoms with Gasteiger partial charge in [-0.2, -0.15) is 0 Å². The van der Waals surface area contributed by atoms with E-state index in [2.05, 4.69) is 0 Å². The van der Waals surface area contributed by atoms with Crippen molar-refractivity contribution in [2.24, 2.45) is 10.8 Å². The number of rotatable bonds is 4. The molecule has 0 atom stereocenters. The lowest BCUT2D eigenvalue weighted by atomic mass is 9.34. The maximum atomic E-state index is 11.4. The summed E-state index contributed by atoms with van der Waals surface area (Å²) in [5, 5.41) is 6.89. The summed E-state index contributed by atoms with van der Waals surface area (Å²) >= 11 is 0. The Kier molecular flexibility index (Phi) is 1.77. The lowest BCUT2D eigenvalue weighted by Crippen LogP contribution is -2.69. The molecule has 0 aromatic heterocycles. The van der Waals surface area contributed by atoms with Crippen LogP contribution >= 0.6 is 0 Å². The second kappa shape index (κ2) is 2.65. The Morgan fingerprint density at radius 1 is 1.36 bits per heavy atom. The van der Waals surface area contributed by atoms with Crippen LogP contribution in [0.4, 0.5) is 0 Å². The van der Waals surface area contributed by atoms with Crippen LogP contribution < -0.4 is 0 Å². The molecule has 3 saturated carbocycles. The van der Waals surface area contributed by atoms with Gasteiger partial charge in [0, 0.05) is 5.41 Å². The minimum atomic E-state index is -0.367. The second-order valence-corrected chi connectivity index (χ2v) is 4.32. The molecule has 0 spiro atoms. The van der Waals surface area contributed by atoms with Gasteiger partial charge in [0.15, 0.2) is 5.78 Å². The zero-order chi connectivity index (χ0) is 10.4. The minimum absolute atomic E-state index is 0.135. The molecule has 0 amide bonds. The van der Waals surface area contributed by atoms with Crippen molar-refractivity contribution in [3.8, 4) is 0 Å². The first-order valence-electron chi connectivity index (χ1n) is 4.81. The fourth-order valence-corrected chi connectivity index (χ4v) is 2.70. The third kappa shape index (κ3) is 0.910. The van der Waals surface area contributed by atoms with E-state index in [-0.39, 0.29) is 22.6 Å². The maximum absolute atomic E-state index is 11.4. The van der Waals surface area contributed by atoms with Crippen molar-refractivity contribution in [1.29, 1.82) is 5.41 Å². The first kappa shape index (κ1) is 9.37. The molecule has 3 fully saturated rings. The van der Waals surface area contributed by atoms with Crippen molar-refractivity contribution in [2.45, 2.75) is 26.2 Å². The summed E-state index contributed by atoms with van der Waals surface area (Å²) in [4.78, 5) is 22.7. The summed E-state index contributed by atoms with van der Waals surface area (Å²) < 4.78 is 4.94. The summed E-state index contributed by atoms with van der Waals surface area (Å²) in [6, 6.07) is 0. The van der Waals surface area contributed by atoms with Gasteiger partial charge in [-0.1, -0.05) is 0 Å². The molecule has 0 aromatic carbocycles. The largest absolute Gasteiger partial charge is 0.466 e. The predicted molar refractivity (Wildman–Crippen MR) is 49.1 cm³/mol. The fourth-order valence-electron chi connectivity index (χ4n) is 2.70. The number of hydrogen-bond acceptors (Lipinski definition) is 4. The third-order valence-electron chi connectivity index (χ3n) is 3.39. The molecule has 3 aliphatic carbocycles. The van der Waals surface area contributed by atoms with Crippen LogP contribution in [0.3, 0.4) is 0 Å². The van der Waals surface area contributed by atoms with Crippen LogP contribution in [0.2, 0.25) is 0 Å². The smallest absolute Gasteiger partial charge is 0.312 e. The number of Topliss-reactive ketones (excluding diaryl/α,β-unsaturated/α-hetero) is 1. The van der Waals surface area contributed by atoms with Crippen molar-refractivity contribution in [2.75, 3.05) is 6.61 Å². The molecule has 14 heavy (non-hydrogen) atoms. The zero-order valence-electron chi connectivity index (χ0n) is 8.13. The van der Waals surface area contributed by atoms with Crippen molar-refractivity contribution < 1.29 is 14.3 Å². The van der Waals surface area contributed by atoms with E-state index >= 15 is 0 Å². The van der Waals surface area contributed by atoms with Crippen LogP contribution in [0.1, 0.15) is 26.2 Å². The molecule has 0 radical (unpaired) electrons. The first-order valence-corrected chi connectivity index (χ1v) is 4.81. The van der Waals surface area contributed by atoms with Gasteiger partial charge in [-0.15, -0.1) is 0 Å². The van der Waals surface area contributed by atoms with Gasteiger partial charge in [0.05, 0.1) is 18.2 Å². The molecule has 0 unspecified atom stereocenters. The van der Waals surface area contributed by atoms with Gasteiger partial charge < -0.3 is 10.1 Å². The highest BCUT2D eigenvalue weighted by atomic mass is 16.5. The highest BCUT2D eigenvalue weighted by Gasteiger charge is 2.74.